The van der Waals surface area contributed by atoms with Gasteiger partial charge in [-0.1, -0.05) is 25.5 Å². The number of unbranched alkanes of at least 4 members (excludes halogenated alkanes) is 1. The third-order valence-corrected chi connectivity index (χ3v) is 8.74. The van der Waals surface area contributed by atoms with E-state index in [1.165, 1.54) is 18.2 Å². The number of amides is 3. The number of carbonyl (C=O) groups is 4. The third kappa shape index (κ3) is 9.82. The third-order valence-electron chi connectivity index (χ3n) is 8.29. The fraction of sp³-hybridized carbons (Fsp3) is 0.412. The smallest absolute Gasteiger partial charge is 0.508 e. The monoisotopic (exact) mass is 740 g/mol. The minimum atomic E-state index is -4.81. The zero-order valence-electron chi connectivity index (χ0n) is 28.6. The number of phosphoric acid groups is 1. The van der Waals surface area contributed by atoms with Crippen LogP contribution in [0.15, 0.2) is 36.4 Å². The fourth-order valence-corrected chi connectivity index (χ4v) is 6.14. The zero-order chi connectivity index (χ0) is 37.4. The van der Waals surface area contributed by atoms with Gasteiger partial charge in [-0.3, -0.25) is 24.2 Å². The van der Waals surface area contributed by atoms with Crippen LogP contribution in [0.3, 0.4) is 0 Å². The Bertz CT molecular complexity index is 2010. The van der Waals surface area contributed by atoms with E-state index in [0.717, 1.165) is 29.6 Å². The van der Waals surface area contributed by atoms with Gasteiger partial charge in [0.15, 0.2) is 5.82 Å². The number of aromatic hydroxyl groups is 1. The molecule has 0 spiro atoms. The number of fused-ring (bicyclic) bond motifs is 3. The van der Waals surface area contributed by atoms with E-state index in [-0.39, 0.29) is 75.0 Å². The van der Waals surface area contributed by atoms with Crippen LogP contribution in [0.1, 0.15) is 68.8 Å². The number of nitrogens with zero attached hydrogens (tertiary/aromatic N) is 4. The van der Waals surface area contributed by atoms with Gasteiger partial charge in [-0.25, -0.2) is 19.3 Å². The summed E-state index contributed by atoms with van der Waals surface area (Å²) in [6.07, 6.45) is 3.11. The molecule has 0 bridgehead atoms. The minimum Gasteiger partial charge on any atom is -0.508 e. The van der Waals surface area contributed by atoms with E-state index in [0.29, 0.717) is 46.6 Å². The number of phenolic OH excluding ortho intramolecular Hbond substituents is 1. The molecule has 4 aromatic rings. The number of phenols is 1. The Morgan fingerprint density at radius 1 is 1.00 bits per heavy atom. The molecule has 2 aromatic carbocycles. The number of nitrogens with one attached hydrogen (secondary N) is 1. The first-order chi connectivity index (χ1) is 24.8. The fourth-order valence-electron chi connectivity index (χ4n) is 5.75. The Hall–Kier alpha value is -5.09. The summed E-state index contributed by atoms with van der Waals surface area (Å²) in [5.74, 6) is -1.35. The van der Waals surface area contributed by atoms with Crippen LogP contribution < -0.4 is 15.6 Å². The van der Waals surface area contributed by atoms with Crippen LogP contribution in [0.4, 0.5) is 5.82 Å². The van der Waals surface area contributed by atoms with Gasteiger partial charge in [-0.2, -0.15) is 0 Å². The number of carbonyl (C=O) groups excluding carboxylic acids is 4. The first-order valence-corrected chi connectivity index (χ1v) is 18.4. The molecular formula is C34H41N6O11P. The number of anilines is 1. The van der Waals surface area contributed by atoms with E-state index < -0.39 is 25.6 Å². The van der Waals surface area contributed by atoms with Gasteiger partial charge in [0.1, 0.15) is 22.8 Å². The maximum absolute atomic E-state index is 12.1. The lowest BCUT2D eigenvalue weighted by atomic mass is 10.1. The van der Waals surface area contributed by atoms with E-state index in [2.05, 4.69) is 17.2 Å². The number of imide groups is 1. The number of hydroxylamine groups is 2. The highest BCUT2D eigenvalue weighted by Crippen LogP contribution is 2.39. The van der Waals surface area contributed by atoms with Crippen LogP contribution in [-0.4, -0.2) is 77.9 Å². The number of rotatable bonds is 18. The van der Waals surface area contributed by atoms with E-state index in [1.54, 1.807) is 0 Å². The molecule has 3 amide bonds. The number of nitrogen functional groups attached to an aromatic ring is 1. The second kappa shape index (κ2) is 17.0. The first-order valence-electron chi connectivity index (χ1n) is 16.9. The molecule has 5 rings (SSSR count). The number of benzene rings is 2. The molecule has 278 valence electrons. The highest BCUT2D eigenvalue weighted by molar-refractivity contribution is 7.46. The number of hydrogen-bond acceptors (Lipinski definition) is 12. The lowest BCUT2D eigenvalue weighted by Gasteiger charge is -2.14. The molecule has 2 aromatic heterocycles. The highest BCUT2D eigenvalue weighted by atomic mass is 31.2. The number of ether oxygens (including phenoxy) is 1. The van der Waals surface area contributed by atoms with E-state index in [9.17, 15) is 38.6 Å². The maximum Gasteiger partial charge on any atom is 0.524 e. The van der Waals surface area contributed by atoms with Gasteiger partial charge in [-0.15, -0.1) is 5.06 Å². The van der Waals surface area contributed by atoms with Gasteiger partial charge in [0.2, 0.25) is 5.91 Å². The number of hydrogen-bond donors (Lipinski definition) is 5. The molecule has 0 unspecified atom stereocenters. The van der Waals surface area contributed by atoms with Crippen molar-refractivity contribution in [3.05, 3.63) is 53.3 Å². The van der Waals surface area contributed by atoms with Crippen molar-refractivity contribution in [2.24, 2.45) is 0 Å². The Morgan fingerprint density at radius 2 is 1.77 bits per heavy atom. The summed E-state index contributed by atoms with van der Waals surface area (Å²) >= 11 is 0. The summed E-state index contributed by atoms with van der Waals surface area (Å²) in [6.45, 7) is 3.08. The molecular weight excluding hydrogens is 699 g/mol. The summed E-state index contributed by atoms with van der Waals surface area (Å²) in [7, 11) is -4.81. The largest absolute Gasteiger partial charge is 0.524 e. The second-order valence-electron chi connectivity index (χ2n) is 12.2. The molecule has 52 heavy (non-hydrogen) atoms. The normalized spacial score (nSPS) is 13.3. The predicted molar refractivity (Wildman–Crippen MR) is 187 cm³/mol. The second-order valence-corrected chi connectivity index (χ2v) is 13.4. The molecule has 0 aliphatic carbocycles. The van der Waals surface area contributed by atoms with Crippen molar-refractivity contribution < 1.29 is 52.7 Å². The highest BCUT2D eigenvalue weighted by Gasteiger charge is 2.32. The molecule has 1 aliphatic rings. The quantitative estimate of drug-likeness (QED) is 0.0559. The van der Waals surface area contributed by atoms with Gasteiger partial charge in [-0.05, 0) is 49.1 Å². The summed E-state index contributed by atoms with van der Waals surface area (Å²) in [6, 6.07) is 9.75. The summed E-state index contributed by atoms with van der Waals surface area (Å²) < 4.78 is 23.8. The predicted octanol–water partition coefficient (Wildman–Crippen LogP) is 3.19. The van der Waals surface area contributed by atoms with Crippen molar-refractivity contribution in [1.29, 1.82) is 0 Å². The summed E-state index contributed by atoms with van der Waals surface area (Å²) in [4.78, 5) is 79.8. The van der Waals surface area contributed by atoms with E-state index >= 15 is 0 Å². The molecule has 18 heteroatoms. The topological polar surface area (TPSA) is 246 Å². The molecule has 1 aliphatic heterocycles. The Balaban J connectivity index is 1.17. The lowest BCUT2D eigenvalue weighted by Crippen LogP contribution is -2.32. The van der Waals surface area contributed by atoms with Crippen molar-refractivity contribution >= 4 is 59.3 Å². The SMILES string of the molecule is CCCCc1nc2c(N)nc3cc(CCOCCNC(=O)CCCC(=O)ON4C(=O)CCC4=O)ccc3c2n1Cc1cc(OP(=O)(O)O)ccc1O. The van der Waals surface area contributed by atoms with Crippen molar-refractivity contribution in [1.82, 2.24) is 24.9 Å². The van der Waals surface area contributed by atoms with E-state index in [1.807, 2.05) is 22.8 Å². The summed E-state index contributed by atoms with van der Waals surface area (Å²) in [5, 5.41) is 14.6. The average Bonchev–Trinajstić information content (AvgIpc) is 3.61. The van der Waals surface area contributed by atoms with Crippen molar-refractivity contribution in [2.75, 3.05) is 25.5 Å². The molecule has 1 saturated heterocycles. The lowest BCUT2D eigenvalue weighted by molar-refractivity contribution is -0.197. The molecule has 6 N–H and O–H groups in total. The first kappa shape index (κ1) is 38.1. The molecule has 3 heterocycles. The standard InChI is InChI=1S/C34H41N6O11P/c1-2-3-5-27-38-32-33(39(27)20-22-19-23(9-11-26(22)41)51-52(46,47)48)24-10-8-21(18-25(24)37-34(32)35)14-16-49-17-15-36-28(42)6-4-7-31(45)50-40-29(43)12-13-30(40)44/h8-11,18-19,41H,2-7,12-17,20H2,1H3,(H2,35,37)(H,36,42)(H2,46,47,48). The van der Waals surface area contributed by atoms with E-state index in [4.69, 9.17) is 24.8 Å². The van der Waals surface area contributed by atoms with Crippen LogP contribution in [-0.2, 0) is 52.7 Å². The van der Waals surface area contributed by atoms with Crippen molar-refractivity contribution in [2.45, 2.75) is 71.3 Å². The maximum atomic E-state index is 12.1. The Morgan fingerprint density at radius 3 is 2.50 bits per heavy atom. The minimum absolute atomic E-state index is 0.0121. The van der Waals surface area contributed by atoms with Gasteiger partial charge in [0.05, 0.1) is 30.8 Å². The zero-order valence-corrected chi connectivity index (χ0v) is 29.5. The van der Waals surface area contributed by atoms with Gasteiger partial charge in [0.25, 0.3) is 11.8 Å². The number of pyridine rings is 1. The van der Waals surface area contributed by atoms with Crippen LogP contribution in [0.5, 0.6) is 11.5 Å². The van der Waals surface area contributed by atoms with Gasteiger partial charge >= 0.3 is 13.8 Å². The molecule has 0 atom stereocenters. The van der Waals surface area contributed by atoms with Crippen LogP contribution in [0.25, 0.3) is 21.9 Å². The van der Waals surface area contributed by atoms with Crippen molar-refractivity contribution in [3.8, 4) is 11.5 Å². The average molecular weight is 741 g/mol. The Labute approximate surface area is 298 Å². The molecule has 1 fully saturated rings. The number of phosphoric ester groups is 1. The number of aromatic nitrogens is 3. The van der Waals surface area contributed by atoms with Crippen LogP contribution in [0, 0.1) is 0 Å². The van der Waals surface area contributed by atoms with Gasteiger partial charge < -0.3 is 34.8 Å². The van der Waals surface area contributed by atoms with Gasteiger partial charge in [0, 0.05) is 49.6 Å². The Kier molecular flexibility index (Phi) is 12.4. The molecule has 0 saturated carbocycles. The number of nitrogens with two attached hydrogens (primary N) is 1. The van der Waals surface area contributed by atoms with Crippen LogP contribution in [0.2, 0.25) is 0 Å². The molecule has 0 radical (unpaired) electrons. The van der Waals surface area contributed by atoms with Crippen molar-refractivity contribution in [3.63, 3.8) is 0 Å². The summed E-state index contributed by atoms with van der Waals surface area (Å²) in [5.41, 5.74) is 9.56. The number of aryl methyl sites for hydroxylation is 1. The van der Waals surface area contributed by atoms with Crippen LogP contribution >= 0.6 is 7.82 Å². The number of imidazole rings is 1. The molecule has 17 nitrogen and oxygen atoms in total.